The first-order chi connectivity index (χ1) is 50.8. The van der Waals surface area contributed by atoms with E-state index in [1.165, 1.54) is 257 Å². The molecule has 0 aliphatic rings. The standard InChI is InChI=1S/C86H168O17P2/c1-8-11-12-13-14-15-16-17-22-30-35-40-47-55-62-69-86(91)103-82(74-97-84(89)68-61-54-49-42-43-50-57-64-77(4)5)76-101-105(94,95)99-72-80(87)71-98-104(92,93)100-75-81(73-96-83(88)67-60-53-46-39-34-29-26-25-28-33-38-45-52-59-66-79(7)10-3)102-85(90)70-63-56-48-41-36-31-24-21-19-18-20-23-27-32-37-44-51-58-65-78(6)9-2/h77-82,87H,8-76H2,1-7H3,(H,92,93)(H,94,95)/t78?,79?,80-,81-,82-/m1/s1. The molecule has 0 aliphatic carbocycles. The Bertz CT molecular complexity index is 2030. The first kappa shape index (κ1) is 103. The number of aliphatic hydroxyl groups is 1. The summed E-state index contributed by atoms with van der Waals surface area (Å²) in [6.07, 6.45) is 66.6. The first-order valence-corrected chi connectivity index (χ1v) is 47.4. The van der Waals surface area contributed by atoms with Gasteiger partial charge in [0.05, 0.1) is 26.4 Å². The number of ether oxygens (including phenoxy) is 4. The van der Waals surface area contributed by atoms with Crippen LogP contribution in [-0.4, -0.2) is 96.7 Å². The number of carbonyl (C=O) groups is 4. The number of unbranched alkanes of at least 4 members (excludes halogenated alkanes) is 50. The van der Waals surface area contributed by atoms with Crippen LogP contribution in [0.15, 0.2) is 0 Å². The highest BCUT2D eigenvalue weighted by Crippen LogP contribution is 2.45. The van der Waals surface area contributed by atoms with E-state index in [9.17, 15) is 43.2 Å². The zero-order valence-corrected chi connectivity index (χ0v) is 71.0. The summed E-state index contributed by atoms with van der Waals surface area (Å²) >= 11 is 0. The van der Waals surface area contributed by atoms with Gasteiger partial charge in [0.2, 0.25) is 0 Å². The molecule has 105 heavy (non-hydrogen) atoms. The Kier molecular flexibility index (Phi) is 74.7. The second-order valence-electron chi connectivity index (χ2n) is 31.9. The van der Waals surface area contributed by atoms with E-state index in [0.717, 1.165) is 108 Å². The number of phosphoric ester groups is 2. The summed E-state index contributed by atoms with van der Waals surface area (Å²) in [5.41, 5.74) is 0. The topological polar surface area (TPSA) is 237 Å². The van der Waals surface area contributed by atoms with Crippen LogP contribution in [-0.2, 0) is 65.4 Å². The van der Waals surface area contributed by atoms with Gasteiger partial charge in [-0.3, -0.25) is 37.3 Å². The van der Waals surface area contributed by atoms with Gasteiger partial charge in [0.25, 0.3) is 0 Å². The molecular weight excluding hydrogens is 1370 g/mol. The number of hydrogen-bond donors (Lipinski definition) is 3. The largest absolute Gasteiger partial charge is 0.472 e. The van der Waals surface area contributed by atoms with Crippen molar-refractivity contribution >= 4 is 39.5 Å². The lowest BCUT2D eigenvalue weighted by Gasteiger charge is -2.21. The predicted molar refractivity (Wildman–Crippen MR) is 432 cm³/mol. The fraction of sp³-hybridized carbons (Fsp3) is 0.953. The summed E-state index contributed by atoms with van der Waals surface area (Å²) < 4.78 is 68.9. The average Bonchev–Trinajstić information content (AvgIpc) is 0.905. The molecule has 0 saturated carbocycles. The Morgan fingerprint density at radius 2 is 0.486 bits per heavy atom. The van der Waals surface area contributed by atoms with Gasteiger partial charge in [0.1, 0.15) is 19.3 Å². The molecule has 3 N–H and O–H groups in total. The SMILES string of the molecule is CCCCCCCCCCCCCCCCCC(=O)O[C@H](COC(=O)CCCCCCCCCC(C)C)COP(=O)(O)OC[C@H](O)COP(=O)(O)OC[C@@H](COC(=O)CCCCCCCCCCCCCCCCC(C)CC)OC(=O)CCCCCCCCCCCCCCCCCCCCC(C)CC. The quantitative estimate of drug-likeness (QED) is 0.0222. The lowest BCUT2D eigenvalue weighted by Crippen LogP contribution is -2.30. The molecule has 0 heterocycles. The third-order valence-electron chi connectivity index (χ3n) is 20.9. The molecule has 0 fully saturated rings. The first-order valence-electron chi connectivity index (χ1n) is 44.4. The van der Waals surface area contributed by atoms with Crippen molar-refractivity contribution in [2.45, 2.75) is 471 Å². The van der Waals surface area contributed by atoms with Gasteiger partial charge in [-0.1, -0.05) is 402 Å². The molecule has 19 heteroatoms. The van der Waals surface area contributed by atoms with Crippen LogP contribution in [0.25, 0.3) is 0 Å². The third kappa shape index (κ3) is 77.2. The van der Waals surface area contributed by atoms with Crippen molar-refractivity contribution < 1.29 is 80.2 Å². The maximum absolute atomic E-state index is 13.1. The van der Waals surface area contributed by atoms with Crippen molar-refractivity contribution in [2.75, 3.05) is 39.6 Å². The highest BCUT2D eigenvalue weighted by molar-refractivity contribution is 7.47. The van der Waals surface area contributed by atoms with Gasteiger partial charge in [-0.15, -0.1) is 0 Å². The fourth-order valence-corrected chi connectivity index (χ4v) is 14.9. The molecule has 0 aromatic heterocycles. The van der Waals surface area contributed by atoms with Gasteiger partial charge < -0.3 is 33.8 Å². The summed E-state index contributed by atoms with van der Waals surface area (Å²) in [7, 11) is -9.93. The molecule has 0 amide bonds. The Morgan fingerprint density at radius 3 is 0.724 bits per heavy atom. The number of hydrogen-bond acceptors (Lipinski definition) is 15. The van der Waals surface area contributed by atoms with Crippen LogP contribution in [0.1, 0.15) is 453 Å². The van der Waals surface area contributed by atoms with Crippen molar-refractivity contribution in [1.29, 1.82) is 0 Å². The van der Waals surface area contributed by atoms with E-state index < -0.39 is 97.5 Å². The molecule has 624 valence electrons. The minimum atomic E-state index is -4.97. The van der Waals surface area contributed by atoms with Gasteiger partial charge in [0, 0.05) is 25.7 Å². The lowest BCUT2D eigenvalue weighted by molar-refractivity contribution is -0.161. The zero-order valence-electron chi connectivity index (χ0n) is 69.2. The molecule has 0 saturated heterocycles. The number of aliphatic hydroxyl groups excluding tert-OH is 1. The van der Waals surface area contributed by atoms with E-state index in [4.69, 9.17) is 37.0 Å². The molecule has 0 aromatic rings. The molecule has 7 atom stereocenters. The zero-order chi connectivity index (χ0) is 77.2. The van der Waals surface area contributed by atoms with Gasteiger partial charge in [0.15, 0.2) is 12.2 Å². The van der Waals surface area contributed by atoms with E-state index in [0.29, 0.717) is 31.6 Å². The number of phosphoric acid groups is 2. The normalized spacial score (nSPS) is 14.4. The third-order valence-corrected chi connectivity index (χ3v) is 22.8. The van der Waals surface area contributed by atoms with E-state index in [2.05, 4.69) is 48.5 Å². The second kappa shape index (κ2) is 76.1. The van der Waals surface area contributed by atoms with Crippen molar-refractivity contribution in [1.82, 2.24) is 0 Å². The van der Waals surface area contributed by atoms with E-state index >= 15 is 0 Å². The van der Waals surface area contributed by atoms with Gasteiger partial charge in [-0.25, -0.2) is 9.13 Å². The highest BCUT2D eigenvalue weighted by atomic mass is 31.2. The van der Waals surface area contributed by atoms with Crippen molar-refractivity contribution in [3.8, 4) is 0 Å². The molecule has 0 aromatic carbocycles. The van der Waals surface area contributed by atoms with E-state index in [1.54, 1.807) is 0 Å². The van der Waals surface area contributed by atoms with Crippen LogP contribution < -0.4 is 0 Å². The van der Waals surface area contributed by atoms with Crippen molar-refractivity contribution in [3.05, 3.63) is 0 Å². The molecule has 4 unspecified atom stereocenters. The van der Waals surface area contributed by atoms with Gasteiger partial charge in [-0.05, 0) is 43.4 Å². The number of carbonyl (C=O) groups excluding carboxylic acids is 4. The predicted octanol–water partition coefficient (Wildman–Crippen LogP) is 26.1. The maximum Gasteiger partial charge on any atom is 0.472 e. The molecule has 0 aliphatic heterocycles. The number of rotatable bonds is 84. The van der Waals surface area contributed by atoms with Gasteiger partial charge in [-0.2, -0.15) is 0 Å². The Morgan fingerprint density at radius 1 is 0.276 bits per heavy atom. The summed E-state index contributed by atoms with van der Waals surface area (Å²) in [6.45, 7) is 12.0. The molecule has 0 spiro atoms. The maximum atomic E-state index is 13.1. The van der Waals surface area contributed by atoms with Crippen molar-refractivity contribution in [2.24, 2.45) is 17.8 Å². The number of esters is 4. The molecule has 0 rings (SSSR count). The molecule has 0 radical (unpaired) electrons. The lowest BCUT2D eigenvalue weighted by atomic mass is 9.99. The Balaban J connectivity index is 5.23. The minimum absolute atomic E-state index is 0.107. The average molecular weight is 1540 g/mol. The second-order valence-corrected chi connectivity index (χ2v) is 34.8. The Labute approximate surface area is 645 Å². The monoisotopic (exact) mass is 1540 g/mol. The molecule has 0 bridgehead atoms. The highest BCUT2D eigenvalue weighted by Gasteiger charge is 2.30. The van der Waals surface area contributed by atoms with Crippen LogP contribution in [0, 0.1) is 17.8 Å². The Hall–Kier alpha value is -1.94. The van der Waals surface area contributed by atoms with Crippen LogP contribution in [0.3, 0.4) is 0 Å². The van der Waals surface area contributed by atoms with Crippen LogP contribution in [0.4, 0.5) is 0 Å². The summed E-state index contributed by atoms with van der Waals surface area (Å²) in [4.78, 5) is 73.2. The summed E-state index contributed by atoms with van der Waals surface area (Å²) in [6, 6.07) is 0. The van der Waals surface area contributed by atoms with E-state index in [1.807, 2.05) is 0 Å². The smallest absolute Gasteiger partial charge is 0.462 e. The minimum Gasteiger partial charge on any atom is -0.462 e. The van der Waals surface area contributed by atoms with Gasteiger partial charge >= 0.3 is 39.5 Å². The summed E-state index contributed by atoms with van der Waals surface area (Å²) in [5, 5.41) is 10.7. The van der Waals surface area contributed by atoms with Crippen LogP contribution >= 0.6 is 15.6 Å². The molecular formula is C86H168O17P2. The summed E-state index contributed by atoms with van der Waals surface area (Å²) in [5.74, 6) is 0.321. The van der Waals surface area contributed by atoms with E-state index in [-0.39, 0.29) is 25.7 Å². The van der Waals surface area contributed by atoms with Crippen LogP contribution in [0.2, 0.25) is 0 Å². The van der Waals surface area contributed by atoms with Crippen molar-refractivity contribution in [3.63, 3.8) is 0 Å². The fourth-order valence-electron chi connectivity index (χ4n) is 13.3. The molecule has 17 nitrogen and oxygen atoms in total. The van der Waals surface area contributed by atoms with Crippen LogP contribution in [0.5, 0.6) is 0 Å².